The summed E-state index contributed by atoms with van der Waals surface area (Å²) >= 11 is 6.05. The van der Waals surface area contributed by atoms with Crippen molar-refractivity contribution >= 4 is 23.2 Å². The van der Waals surface area contributed by atoms with Crippen LogP contribution in [0.5, 0.6) is 5.75 Å². The molecule has 10 heteroatoms. The molecule has 1 N–H and O–H groups in total. The SMILES string of the molecule is CCc1nc2cc(Cl)ccn2c1C(=O)NCC1CCN(Cc2ccc(OC(F)(F)F)cc2)CC1. The summed E-state index contributed by atoms with van der Waals surface area (Å²) in [5.41, 5.74) is 2.87. The number of carbonyl (C=O) groups excluding carboxylic acids is 1. The fourth-order valence-electron chi connectivity index (χ4n) is 4.28. The molecule has 2 aromatic heterocycles. The lowest BCUT2D eigenvalue weighted by Crippen LogP contribution is -2.38. The van der Waals surface area contributed by atoms with E-state index in [1.165, 1.54) is 12.1 Å². The Hall–Kier alpha value is -2.78. The van der Waals surface area contributed by atoms with Gasteiger partial charge in [-0.2, -0.15) is 0 Å². The molecule has 1 aliphatic rings. The van der Waals surface area contributed by atoms with Gasteiger partial charge in [0.05, 0.1) is 5.69 Å². The Morgan fingerprint density at radius 1 is 1.21 bits per heavy atom. The van der Waals surface area contributed by atoms with E-state index < -0.39 is 6.36 Å². The Balaban J connectivity index is 1.27. The van der Waals surface area contributed by atoms with Gasteiger partial charge >= 0.3 is 6.36 Å². The number of hydrogen-bond donors (Lipinski definition) is 1. The van der Waals surface area contributed by atoms with E-state index in [2.05, 4.69) is 19.9 Å². The Morgan fingerprint density at radius 2 is 1.91 bits per heavy atom. The number of aromatic nitrogens is 2. The van der Waals surface area contributed by atoms with Crippen LogP contribution in [0.2, 0.25) is 5.02 Å². The van der Waals surface area contributed by atoms with Crippen molar-refractivity contribution in [1.82, 2.24) is 19.6 Å². The average Bonchev–Trinajstić information content (AvgIpc) is 3.16. The van der Waals surface area contributed by atoms with Gasteiger partial charge in [0.2, 0.25) is 0 Å². The first-order valence-electron chi connectivity index (χ1n) is 11.2. The minimum absolute atomic E-state index is 0.143. The molecule has 1 amide bonds. The molecule has 0 radical (unpaired) electrons. The topological polar surface area (TPSA) is 58.9 Å². The molecule has 1 saturated heterocycles. The van der Waals surface area contributed by atoms with E-state index in [4.69, 9.17) is 11.6 Å². The molecular weight excluding hydrogens is 469 g/mol. The van der Waals surface area contributed by atoms with Crippen LogP contribution < -0.4 is 10.1 Å². The van der Waals surface area contributed by atoms with E-state index >= 15 is 0 Å². The number of rotatable bonds is 7. The number of imidazole rings is 1. The summed E-state index contributed by atoms with van der Waals surface area (Å²) in [7, 11) is 0. The number of nitrogens with one attached hydrogen (secondary N) is 1. The minimum atomic E-state index is -4.68. The highest BCUT2D eigenvalue weighted by atomic mass is 35.5. The molecule has 0 saturated carbocycles. The van der Waals surface area contributed by atoms with Crippen molar-refractivity contribution in [3.8, 4) is 5.75 Å². The zero-order valence-electron chi connectivity index (χ0n) is 18.7. The smallest absolute Gasteiger partial charge is 0.406 e. The second kappa shape index (κ2) is 10.2. The monoisotopic (exact) mass is 494 g/mol. The van der Waals surface area contributed by atoms with Gasteiger partial charge in [-0.05, 0) is 62.0 Å². The summed E-state index contributed by atoms with van der Waals surface area (Å²) in [5, 5.41) is 3.64. The first-order valence-corrected chi connectivity index (χ1v) is 11.6. The summed E-state index contributed by atoms with van der Waals surface area (Å²) in [5.74, 6) is 0.00253. The maximum atomic E-state index is 13.0. The van der Waals surface area contributed by atoms with Crippen LogP contribution >= 0.6 is 11.6 Å². The number of alkyl halides is 3. The molecule has 34 heavy (non-hydrogen) atoms. The van der Waals surface area contributed by atoms with Crippen molar-refractivity contribution < 1.29 is 22.7 Å². The van der Waals surface area contributed by atoms with Crippen molar-refractivity contribution in [3.05, 3.63) is 64.6 Å². The zero-order chi connectivity index (χ0) is 24.3. The standard InChI is InChI=1S/C24H26ClF3N4O2/c1-2-20-22(32-12-9-18(25)13-21(32)30-20)23(33)29-14-16-7-10-31(11-8-16)15-17-3-5-19(6-4-17)34-24(26,27)28/h3-6,9,12-13,16H,2,7-8,10-11,14-15H2,1H3,(H,29,33). The van der Waals surface area contributed by atoms with Crippen molar-refractivity contribution in [2.45, 2.75) is 39.1 Å². The summed E-state index contributed by atoms with van der Waals surface area (Å²) in [6, 6.07) is 9.46. The number of ether oxygens (including phenoxy) is 1. The number of halogens is 4. The molecule has 3 aromatic rings. The van der Waals surface area contributed by atoms with Crippen LogP contribution in [0, 0.1) is 5.92 Å². The molecule has 1 aliphatic heterocycles. The fraction of sp³-hybridized carbons (Fsp3) is 0.417. The third kappa shape index (κ3) is 6.01. The number of amides is 1. The van der Waals surface area contributed by atoms with Crippen LogP contribution in [-0.2, 0) is 13.0 Å². The van der Waals surface area contributed by atoms with Crippen LogP contribution in [0.25, 0.3) is 5.65 Å². The van der Waals surface area contributed by atoms with Crippen molar-refractivity contribution in [1.29, 1.82) is 0 Å². The molecule has 0 atom stereocenters. The van der Waals surface area contributed by atoms with E-state index in [-0.39, 0.29) is 11.7 Å². The number of carbonyl (C=O) groups is 1. The highest BCUT2D eigenvalue weighted by Crippen LogP contribution is 2.24. The third-order valence-electron chi connectivity index (χ3n) is 6.03. The zero-order valence-corrected chi connectivity index (χ0v) is 19.5. The van der Waals surface area contributed by atoms with Crippen LogP contribution in [0.3, 0.4) is 0 Å². The first kappa shape index (κ1) is 24.3. The summed E-state index contributed by atoms with van der Waals surface area (Å²) < 4.78 is 42.6. The fourth-order valence-corrected chi connectivity index (χ4v) is 4.43. The van der Waals surface area contributed by atoms with Crippen molar-refractivity contribution in [2.75, 3.05) is 19.6 Å². The molecule has 0 spiro atoms. The minimum Gasteiger partial charge on any atom is -0.406 e. The maximum Gasteiger partial charge on any atom is 0.573 e. The van der Waals surface area contributed by atoms with E-state index in [0.29, 0.717) is 41.8 Å². The lowest BCUT2D eigenvalue weighted by Gasteiger charge is -2.32. The van der Waals surface area contributed by atoms with Gasteiger partial charge in [-0.25, -0.2) is 4.98 Å². The number of nitrogens with zero attached hydrogens (tertiary/aromatic N) is 3. The number of pyridine rings is 1. The summed E-state index contributed by atoms with van der Waals surface area (Å²) in [6.07, 6.45) is -0.420. The number of hydrogen-bond acceptors (Lipinski definition) is 4. The van der Waals surface area contributed by atoms with Gasteiger partial charge in [0.25, 0.3) is 5.91 Å². The van der Waals surface area contributed by atoms with Gasteiger partial charge in [0.15, 0.2) is 0 Å². The Kier molecular flexibility index (Phi) is 7.33. The highest BCUT2D eigenvalue weighted by molar-refractivity contribution is 6.30. The quantitative estimate of drug-likeness (QED) is 0.497. The molecular formula is C24H26ClF3N4O2. The Labute approximate surface area is 200 Å². The van der Waals surface area contributed by atoms with E-state index in [1.54, 1.807) is 34.9 Å². The molecule has 3 heterocycles. The van der Waals surface area contributed by atoms with Crippen LogP contribution in [0.1, 0.15) is 41.5 Å². The lowest BCUT2D eigenvalue weighted by atomic mass is 9.96. The number of fused-ring (bicyclic) bond motifs is 1. The number of piperidine rings is 1. The lowest BCUT2D eigenvalue weighted by molar-refractivity contribution is -0.274. The molecule has 4 rings (SSSR count). The van der Waals surface area contributed by atoms with E-state index in [9.17, 15) is 18.0 Å². The average molecular weight is 495 g/mol. The van der Waals surface area contributed by atoms with Crippen LogP contribution in [0.4, 0.5) is 13.2 Å². The van der Waals surface area contributed by atoms with E-state index in [0.717, 1.165) is 37.2 Å². The Morgan fingerprint density at radius 3 is 2.56 bits per heavy atom. The molecule has 0 unspecified atom stereocenters. The molecule has 6 nitrogen and oxygen atoms in total. The molecule has 1 fully saturated rings. The predicted molar refractivity (Wildman–Crippen MR) is 123 cm³/mol. The van der Waals surface area contributed by atoms with Gasteiger partial charge in [-0.15, -0.1) is 13.2 Å². The predicted octanol–water partition coefficient (Wildman–Crippen LogP) is 5.09. The van der Waals surface area contributed by atoms with Crippen molar-refractivity contribution in [3.63, 3.8) is 0 Å². The molecule has 182 valence electrons. The van der Waals surface area contributed by atoms with Crippen molar-refractivity contribution in [2.24, 2.45) is 5.92 Å². The number of aryl methyl sites for hydroxylation is 1. The van der Waals surface area contributed by atoms with Gasteiger partial charge in [0, 0.05) is 30.4 Å². The number of likely N-dealkylation sites (tertiary alicyclic amines) is 1. The van der Waals surface area contributed by atoms with Gasteiger partial charge in [0.1, 0.15) is 17.1 Å². The van der Waals surface area contributed by atoms with Crippen LogP contribution in [-0.4, -0.2) is 46.2 Å². The highest BCUT2D eigenvalue weighted by Gasteiger charge is 2.31. The Bertz CT molecular complexity index is 1140. The molecule has 0 bridgehead atoms. The molecule has 0 aliphatic carbocycles. The third-order valence-corrected chi connectivity index (χ3v) is 6.27. The van der Waals surface area contributed by atoms with Crippen LogP contribution in [0.15, 0.2) is 42.6 Å². The second-order valence-electron chi connectivity index (χ2n) is 8.46. The van der Waals surface area contributed by atoms with Gasteiger partial charge < -0.3 is 10.1 Å². The van der Waals surface area contributed by atoms with E-state index in [1.807, 2.05) is 6.92 Å². The molecule has 1 aromatic carbocycles. The summed E-state index contributed by atoms with van der Waals surface area (Å²) in [6.45, 7) is 4.92. The second-order valence-corrected chi connectivity index (χ2v) is 8.89. The van der Waals surface area contributed by atoms with Gasteiger partial charge in [-0.1, -0.05) is 30.7 Å². The number of benzene rings is 1. The summed E-state index contributed by atoms with van der Waals surface area (Å²) in [4.78, 5) is 19.7. The normalized spacial score (nSPS) is 15.6. The maximum absolute atomic E-state index is 13.0. The largest absolute Gasteiger partial charge is 0.573 e. The first-order chi connectivity index (χ1) is 16.2. The van der Waals surface area contributed by atoms with Gasteiger partial charge in [-0.3, -0.25) is 14.1 Å².